The molecule has 90 valence electrons. The highest BCUT2D eigenvalue weighted by molar-refractivity contribution is 6.30. The van der Waals surface area contributed by atoms with Crippen LogP contribution in [0.2, 0.25) is 0 Å². The monoisotopic (exact) mass is 261 g/mol. The molecule has 1 rings (SSSR count). The van der Waals surface area contributed by atoms with Gasteiger partial charge in [-0.1, -0.05) is 12.1 Å². The number of ketones is 1. The van der Waals surface area contributed by atoms with E-state index in [0.29, 0.717) is 0 Å². The normalized spacial score (nSPS) is 11.1. The lowest BCUT2D eigenvalue weighted by Crippen LogP contribution is -2.17. The fraction of sp³-hybridized carbons (Fsp3) is 0.273. The third-order valence-corrected chi connectivity index (χ3v) is 2.47. The van der Waals surface area contributed by atoms with Gasteiger partial charge >= 0.3 is 6.18 Å². The summed E-state index contributed by atoms with van der Waals surface area (Å²) in [6, 6.07) is 3.82. The van der Waals surface area contributed by atoms with Crippen molar-refractivity contribution in [2.75, 3.05) is 5.88 Å². The largest absolute Gasteiger partial charge is 0.418 e. The van der Waals surface area contributed by atoms with Crippen LogP contribution in [-0.2, 0) is 6.18 Å². The van der Waals surface area contributed by atoms with E-state index in [0.717, 1.165) is 6.07 Å². The van der Waals surface area contributed by atoms with Gasteiger partial charge in [-0.2, -0.15) is 18.4 Å². The number of alkyl halides is 4. The Bertz CT molecular complexity index is 503. The molecule has 0 saturated carbocycles. The molecule has 1 aromatic carbocycles. The molecule has 0 unspecified atom stereocenters. The SMILES string of the molecule is Cc1ccc(C(=O)CCl)c(C(F)(F)F)c1C#N. The Kier molecular flexibility index (Phi) is 3.79. The van der Waals surface area contributed by atoms with Gasteiger partial charge in [-0.15, -0.1) is 11.6 Å². The van der Waals surface area contributed by atoms with E-state index >= 15 is 0 Å². The first-order valence-electron chi connectivity index (χ1n) is 4.53. The maximum Gasteiger partial charge on any atom is 0.418 e. The summed E-state index contributed by atoms with van der Waals surface area (Å²) in [5, 5.41) is 8.75. The predicted molar refractivity (Wildman–Crippen MR) is 55.9 cm³/mol. The smallest absolute Gasteiger partial charge is 0.293 e. The van der Waals surface area contributed by atoms with E-state index in [1.165, 1.54) is 19.1 Å². The second kappa shape index (κ2) is 4.76. The molecular formula is C11H7ClF3NO. The first kappa shape index (κ1) is 13.5. The molecule has 0 spiro atoms. The quantitative estimate of drug-likeness (QED) is 0.605. The topological polar surface area (TPSA) is 40.9 Å². The molecule has 0 N–H and O–H groups in total. The van der Waals surface area contributed by atoms with Crippen LogP contribution < -0.4 is 0 Å². The zero-order valence-electron chi connectivity index (χ0n) is 8.73. The molecule has 1 aromatic rings. The average Bonchev–Trinajstić information content (AvgIpc) is 2.26. The van der Waals surface area contributed by atoms with Gasteiger partial charge < -0.3 is 0 Å². The lowest BCUT2D eigenvalue weighted by Gasteiger charge is -2.14. The van der Waals surface area contributed by atoms with Crippen LogP contribution in [0.3, 0.4) is 0 Å². The van der Waals surface area contributed by atoms with Gasteiger partial charge in [0.25, 0.3) is 0 Å². The van der Waals surface area contributed by atoms with Gasteiger partial charge in [-0.05, 0) is 12.5 Å². The van der Waals surface area contributed by atoms with Gasteiger partial charge in [-0.25, -0.2) is 0 Å². The summed E-state index contributed by atoms with van der Waals surface area (Å²) in [4.78, 5) is 11.3. The van der Waals surface area contributed by atoms with Crippen LogP contribution in [0, 0.1) is 18.3 Å². The molecule has 0 bridgehead atoms. The molecule has 0 aliphatic carbocycles. The van der Waals surface area contributed by atoms with Gasteiger partial charge in [0.15, 0.2) is 5.78 Å². The van der Waals surface area contributed by atoms with Crippen molar-refractivity contribution < 1.29 is 18.0 Å². The maximum absolute atomic E-state index is 12.8. The van der Waals surface area contributed by atoms with Crippen molar-refractivity contribution in [1.29, 1.82) is 5.26 Å². The fourth-order valence-electron chi connectivity index (χ4n) is 1.45. The highest BCUT2D eigenvalue weighted by Crippen LogP contribution is 2.36. The van der Waals surface area contributed by atoms with Gasteiger partial charge in [0.1, 0.15) is 6.07 Å². The number of carbonyl (C=O) groups is 1. The molecule has 0 radical (unpaired) electrons. The number of hydrogen-bond donors (Lipinski definition) is 0. The highest BCUT2D eigenvalue weighted by Gasteiger charge is 2.38. The number of aryl methyl sites for hydroxylation is 1. The number of benzene rings is 1. The number of rotatable bonds is 2. The Morgan fingerprint density at radius 1 is 1.47 bits per heavy atom. The third kappa shape index (κ3) is 2.59. The summed E-state index contributed by atoms with van der Waals surface area (Å²) in [5.74, 6) is -1.41. The standard InChI is InChI=1S/C11H7ClF3NO/c1-6-2-3-7(9(17)4-12)10(8(6)5-16)11(13,14)15/h2-3H,4H2,1H3. The number of nitrogens with zero attached hydrogens (tertiary/aromatic N) is 1. The second-order valence-electron chi connectivity index (χ2n) is 3.35. The lowest BCUT2D eigenvalue weighted by atomic mass is 9.95. The summed E-state index contributed by atoms with van der Waals surface area (Å²) in [5.41, 5.74) is -2.13. The fourth-order valence-corrected chi connectivity index (χ4v) is 1.59. The van der Waals surface area contributed by atoms with Crippen LogP contribution in [0.5, 0.6) is 0 Å². The number of nitriles is 1. The zero-order valence-corrected chi connectivity index (χ0v) is 9.49. The molecule has 0 aromatic heterocycles. The van der Waals surface area contributed by atoms with E-state index in [2.05, 4.69) is 0 Å². The van der Waals surface area contributed by atoms with E-state index < -0.39 is 34.5 Å². The van der Waals surface area contributed by atoms with Gasteiger partial charge in [0.05, 0.1) is 17.0 Å². The van der Waals surface area contributed by atoms with Crippen molar-refractivity contribution >= 4 is 17.4 Å². The Morgan fingerprint density at radius 3 is 2.47 bits per heavy atom. The highest BCUT2D eigenvalue weighted by atomic mass is 35.5. The number of hydrogen-bond acceptors (Lipinski definition) is 2. The molecular weight excluding hydrogens is 255 g/mol. The second-order valence-corrected chi connectivity index (χ2v) is 3.61. The Balaban J connectivity index is 3.65. The van der Waals surface area contributed by atoms with E-state index in [1.807, 2.05) is 0 Å². The molecule has 0 aliphatic rings. The molecule has 0 fully saturated rings. The minimum atomic E-state index is -4.76. The summed E-state index contributed by atoms with van der Waals surface area (Å²) in [6.45, 7) is 1.38. The van der Waals surface area contributed by atoms with Crippen LogP contribution in [0.25, 0.3) is 0 Å². The molecule has 0 atom stereocenters. The van der Waals surface area contributed by atoms with E-state index in [-0.39, 0.29) is 5.56 Å². The molecule has 6 heteroatoms. The van der Waals surface area contributed by atoms with Gasteiger partial charge in [0, 0.05) is 5.56 Å². The van der Waals surface area contributed by atoms with E-state index in [4.69, 9.17) is 16.9 Å². The summed E-state index contributed by atoms with van der Waals surface area (Å²) >= 11 is 5.24. The van der Waals surface area contributed by atoms with Crippen molar-refractivity contribution in [3.63, 3.8) is 0 Å². The first-order valence-corrected chi connectivity index (χ1v) is 5.06. The number of halogens is 4. The zero-order chi connectivity index (χ0) is 13.2. The minimum absolute atomic E-state index is 0.172. The van der Waals surface area contributed by atoms with E-state index in [9.17, 15) is 18.0 Å². The predicted octanol–water partition coefficient (Wildman–Crippen LogP) is 3.31. The van der Waals surface area contributed by atoms with Crippen LogP contribution >= 0.6 is 11.6 Å². The van der Waals surface area contributed by atoms with Crippen LogP contribution in [0.15, 0.2) is 12.1 Å². The summed E-state index contributed by atoms with van der Waals surface area (Å²) < 4.78 is 38.5. The van der Waals surface area contributed by atoms with Gasteiger partial charge in [-0.3, -0.25) is 4.79 Å². The van der Waals surface area contributed by atoms with Crippen molar-refractivity contribution in [1.82, 2.24) is 0 Å². The van der Waals surface area contributed by atoms with Crippen LogP contribution in [-0.4, -0.2) is 11.7 Å². The van der Waals surface area contributed by atoms with Crippen molar-refractivity contribution in [3.8, 4) is 6.07 Å². The maximum atomic E-state index is 12.8. The average molecular weight is 262 g/mol. The summed E-state index contributed by atoms with van der Waals surface area (Å²) in [7, 11) is 0. The van der Waals surface area contributed by atoms with Crippen molar-refractivity contribution in [2.24, 2.45) is 0 Å². The Morgan fingerprint density at radius 2 is 2.06 bits per heavy atom. The first-order chi connectivity index (χ1) is 7.82. The number of Topliss-reactive ketones (excluding diaryl/α,β-unsaturated/α-hetero) is 1. The molecule has 0 aliphatic heterocycles. The molecule has 0 amide bonds. The van der Waals surface area contributed by atoms with Crippen LogP contribution in [0.1, 0.15) is 27.0 Å². The molecule has 2 nitrogen and oxygen atoms in total. The van der Waals surface area contributed by atoms with Crippen molar-refractivity contribution in [2.45, 2.75) is 13.1 Å². The number of carbonyl (C=O) groups excluding carboxylic acids is 1. The molecule has 0 heterocycles. The Labute approximate surface area is 101 Å². The van der Waals surface area contributed by atoms with Gasteiger partial charge in [0.2, 0.25) is 0 Å². The van der Waals surface area contributed by atoms with Crippen molar-refractivity contribution in [3.05, 3.63) is 34.4 Å². The third-order valence-electron chi connectivity index (χ3n) is 2.23. The lowest BCUT2D eigenvalue weighted by molar-refractivity contribution is -0.138. The molecule has 0 saturated heterocycles. The summed E-state index contributed by atoms with van der Waals surface area (Å²) in [6.07, 6.45) is -4.76. The van der Waals surface area contributed by atoms with E-state index in [1.54, 1.807) is 0 Å². The van der Waals surface area contributed by atoms with Crippen LogP contribution in [0.4, 0.5) is 13.2 Å². The molecule has 17 heavy (non-hydrogen) atoms. The minimum Gasteiger partial charge on any atom is -0.293 e. The Hall–Kier alpha value is -1.54.